The molecule has 1 rings (SSSR count). The summed E-state index contributed by atoms with van der Waals surface area (Å²) < 4.78 is 18.6. The van der Waals surface area contributed by atoms with Gasteiger partial charge >= 0.3 is 5.97 Å². The van der Waals surface area contributed by atoms with E-state index in [9.17, 15) is 9.18 Å². The number of alkyl halides is 2. The fraction of sp³-hybridized carbons (Fsp3) is 0.417. The van der Waals surface area contributed by atoms with Gasteiger partial charge in [-0.15, -0.1) is 0 Å². The Bertz CT molecular complexity index is 470. The van der Waals surface area contributed by atoms with Crippen molar-refractivity contribution in [2.45, 2.75) is 30.1 Å². The van der Waals surface area contributed by atoms with Crippen molar-refractivity contribution in [2.24, 2.45) is 0 Å². The molecule has 0 spiro atoms. The molecule has 0 atom stereocenters. The summed E-state index contributed by atoms with van der Waals surface area (Å²) >= 11 is 12.4. The molecular formula is C12H12Br2ClFO2. The molecule has 0 unspecified atom stereocenters. The van der Waals surface area contributed by atoms with E-state index in [-0.39, 0.29) is 14.3 Å². The van der Waals surface area contributed by atoms with Crippen molar-refractivity contribution >= 4 is 49.4 Å². The molecule has 0 N–H and O–H groups in total. The van der Waals surface area contributed by atoms with Crippen LogP contribution in [0, 0.1) is 5.82 Å². The zero-order chi connectivity index (χ0) is 14.1. The van der Waals surface area contributed by atoms with E-state index in [0.717, 1.165) is 0 Å². The second kappa shape index (κ2) is 5.88. The van der Waals surface area contributed by atoms with Crippen molar-refractivity contribution in [3.63, 3.8) is 0 Å². The van der Waals surface area contributed by atoms with Crippen LogP contribution in [-0.4, -0.2) is 11.6 Å². The summed E-state index contributed by atoms with van der Waals surface area (Å²) in [5, 5.41) is 0.288. The minimum absolute atomic E-state index is 0.167. The zero-order valence-electron chi connectivity index (χ0n) is 10.1. The number of rotatable bonds is 2. The van der Waals surface area contributed by atoms with E-state index in [0.29, 0.717) is 5.56 Å². The van der Waals surface area contributed by atoms with Crippen LogP contribution in [0.1, 0.15) is 40.4 Å². The number of halogens is 4. The lowest BCUT2D eigenvalue weighted by atomic mass is 10.1. The Kier molecular flexibility index (Phi) is 5.21. The largest absolute Gasteiger partial charge is 0.456 e. The molecule has 0 aliphatic carbocycles. The van der Waals surface area contributed by atoms with Crippen LogP contribution in [0.3, 0.4) is 0 Å². The molecular weight excluding hydrogens is 390 g/mol. The summed E-state index contributed by atoms with van der Waals surface area (Å²) in [7, 11) is 0. The van der Waals surface area contributed by atoms with Crippen molar-refractivity contribution < 1.29 is 13.9 Å². The van der Waals surface area contributed by atoms with Gasteiger partial charge in [-0.2, -0.15) is 0 Å². The Morgan fingerprint density at radius 2 is 1.94 bits per heavy atom. The fourth-order valence-electron chi connectivity index (χ4n) is 1.22. The first-order chi connectivity index (χ1) is 8.11. The van der Waals surface area contributed by atoms with Gasteiger partial charge in [0.15, 0.2) is 0 Å². The first-order valence-electron chi connectivity index (χ1n) is 5.12. The lowest BCUT2D eigenvalue weighted by Crippen LogP contribution is -2.24. The predicted molar refractivity (Wildman–Crippen MR) is 77.2 cm³/mol. The second-order valence-electron chi connectivity index (χ2n) is 4.66. The van der Waals surface area contributed by atoms with Crippen molar-refractivity contribution in [2.75, 3.05) is 0 Å². The quantitative estimate of drug-likeness (QED) is 0.501. The standard InChI is InChI=1S/C12H12Br2ClFO2/c1-12(2,3)18-11(17)7-4-8(15)6(10(13)14)5-9(7)16/h4-5,10H,1-3H3. The van der Waals surface area contributed by atoms with Gasteiger partial charge in [0.05, 0.1) is 9.30 Å². The Labute approximate surface area is 127 Å². The molecule has 0 aromatic heterocycles. The summed E-state index contributed by atoms with van der Waals surface area (Å²) in [6, 6.07) is 2.48. The van der Waals surface area contributed by atoms with E-state index in [2.05, 4.69) is 31.9 Å². The number of hydrogen-bond donors (Lipinski definition) is 0. The van der Waals surface area contributed by atoms with E-state index in [1.54, 1.807) is 20.8 Å². The van der Waals surface area contributed by atoms with E-state index in [1.807, 2.05) is 0 Å². The van der Waals surface area contributed by atoms with E-state index >= 15 is 0 Å². The molecule has 0 aliphatic rings. The molecule has 18 heavy (non-hydrogen) atoms. The van der Waals surface area contributed by atoms with Crippen molar-refractivity contribution in [3.8, 4) is 0 Å². The number of ether oxygens (including phenoxy) is 1. The third-order valence-electron chi connectivity index (χ3n) is 1.94. The SMILES string of the molecule is CC(C)(C)OC(=O)c1cc(Cl)c(C(Br)Br)cc1F. The molecule has 0 heterocycles. The van der Waals surface area contributed by atoms with Crippen LogP contribution in [0.15, 0.2) is 12.1 Å². The molecule has 6 heteroatoms. The Balaban J connectivity index is 3.12. The normalized spacial score (nSPS) is 11.8. The molecule has 0 fully saturated rings. The maximum atomic E-state index is 13.8. The molecule has 1 aromatic carbocycles. The second-order valence-corrected chi connectivity index (χ2v) is 8.12. The first-order valence-corrected chi connectivity index (χ1v) is 7.33. The zero-order valence-corrected chi connectivity index (χ0v) is 14.0. The summed E-state index contributed by atoms with van der Waals surface area (Å²) in [5.41, 5.74) is -0.331. The van der Waals surface area contributed by atoms with Crippen LogP contribution >= 0.6 is 43.5 Å². The fourth-order valence-corrected chi connectivity index (χ4v) is 2.51. The van der Waals surface area contributed by atoms with Gasteiger partial charge in [-0.25, -0.2) is 9.18 Å². The number of carbonyl (C=O) groups excluding carboxylic acids is 1. The van der Waals surface area contributed by atoms with Gasteiger partial charge in [-0.3, -0.25) is 0 Å². The van der Waals surface area contributed by atoms with Gasteiger partial charge in [-0.05, 0) is 38.5 Å². The number of benzene rings is 1. The van der Waals surface area contributed by atoms with Gasteiger partial charge in [0.1, 0.15) is 11.4 Å². The lowest BCUT2D eigenvalue weighted by Gasteiger charge is -2.20. The van der Waals surface area contributed by atoms with Gasteiger partial charge in [-0.1, -0.05) is 43.5 Å². The van der Waals surface area contributed by atoms with Gasteiger partial charge in [0, 0.05) is 5.02 Å². The topological polar surface area (TPSA) is 26.3 Å². The minimum atomic E-state index is -0.728. The molecule has 0 radical (unpaired) electrons. The van der Waals surface area contributed by atoms with Crippen molar-refractivity contribution in [3.05, 3.63) is 34.1 Å². The van der Waals surface area contributed by atoms with Crippen LogP contribution in [0.5, 0.6) is 0 Å². The summed E-state index contributed by atoms with van der Waals surface area (Å²) in [6.45, 7) is 5.14. The van der Waals surface area contributed by atoms with Crippen LogP contribution in [0.2, 0.25) is 5.02 Å². The number of carbonyl (C=O) groups is 1. The Morgan fingerprint density at radius 1 is 1.39 bits per heavy atom. The van der Waals surface area contributed by atoms with Gasteiger partial charge in [0.25, 0.3) is 0 Å². The summed E-state index contributed by atoms with van der Waals surface area (Å²) in [6.07, 6.45) is 0. The third kappa shape index (κ3) is 4.21. The van der Waals surface area contributed by atoms with Gasteiger partial charge < -0.3 is 4.74 Å². The predicted octanol–water partition coefficient (Wildman–Crippen LogP) is 5.22. The van der Waals surface area contributed by atoms with E-state index in [4.69, 9.17) is 16.3 Å². The average Bonchev–Trinajstić information content (AvgIpc) is 2.17. The molecule has 0 aliphatic heterocycles. The highest BCUT2D eigenvalue weighted by Gasteiger charge is 2.23. The molecule has 1 aromatic rings. The molecule has 0 saturated carbocycles. The highest BCUT2D eigenvalue weighted by molar-refractivity contribution is 9.24. The summed E-state index contributed by atoms with van der Waals surface area (Å²) in [5.74, 6) is -1.39. The maximum Gasteiger partial charge on any atom is 0.341 e. The first kappa shape index (κ1) is 15.9. The molecule has 100 valence electrons. The minimum Gasteiger partial charge on any atom is -0.456 e. The highest BCUT2D eigenvalue weighted by atomic mass is 79.9. The lowest BCUT2D eigenvalue weighted by molar-refractivity contribution is 0.00647. The number of esters is 1. The number of hydrogen-bond acceptors (Lipinski definition) is 2. The Hall–Kier alpha value is -0.130. The highest BCUT2D eigenvalue weighted by Crippen LogP contribution is 2.35. The van der Waals surface area contributed by atoms with Crippen LogP contribution in [0.4, 0.5) is 4.39 Å². The molecule has 0 amide bonds. The average molecular weight is 402 g/mol. The molecule has 0 saturated heterocycles. The van der Waals surface area contributed by atoms with E-state index < -0.39 is 17.4 Å². The summed E-state index contributed by atoms with van der Waals surface area (Å²) in [4.78, 5) is 11.8. The van der Waals surface area contributed by atoms with E-state index in [1.165, 1.54) is 12.1 Å². The Morgan fingerprint density at radius 3 is 2.39 bits per heavy atom. The van der Waals surface area contributed by atoms with Crippen molar-refractivity contribution in [1.82, 2.24) is 0 Å². The molecule has 2 nitrogen and oxygen atoms in total. The van der Waals surface area contributed by atoms with Gasteiger partial charge in [0.2, 0.25) is 0 Å². The monoisotopic (exact) mass is 400 g/mol. The third-order valence-corrected chi connectivity index (χ3v) is 3.25. The van der Waals surface area contributed by atoms with Crippen LogP contribution in [-0.2, 0) is 4.74 Å². The smallest absolute Gasteiger partial charge is 0.341 e. The van der Waals surface area contributed by atoms with Crippen LogP contribution < -0.4 is 0 Å². The maximum absolute atomic E-state index is 13.8. The molecule has 0 bridgehead atoms. The van der Waals surface area contributed by atoms with Crippen LogP contribution in [0.25, 0.3) is 0 Å². The van der Waals surface area contributed by atoms with Crippen molar-refractivity contribution in [1.29, 1.82) is 0 Å².